The number of rotatable bonds is 7. The Morgan fingerprint density at radius 2 is 1.74 bits per heavy atom. The molecule has 1 unspecified atom stereocenters. The van der Waals surface area contributed by atoms with Gasteiger partial charge in [-0.05, 0) is 67.3 Å². The van der Waals surface area contributed by atoms with E-state index in [9.17, 15) is 28.0 Å². The highest BCUT2D eigenvalue weighted by Crippen LogP contribution is 2.33. The Morgan fingerprint density at radius 3 is 2.32 bits per heavy atom. The maximum absolute atomic E-state index is 12.8. The summed E-state index contributed by atoms with van der Waals surface area (Å²) in [7, 11) is 0. The van der Waals surface area contributed by atoms with Gasteiger partial charge in [-0.1, -0.05) is 6.42 Å². The number of halogens is 3. The number of ketones is 1. The second-order valence-corrected chi connectivity index (χ2v) is 8.74. The van der Waals surface area contributed by atoms with Crippen LogP contribution in [0.5, 0.6) is 11.5 Å². The Morgan fingerprint density at radius 1 is 1.11 bits per heavy atom. The molecule has 0 amide bonds. The summed E-state index contributed by atoms with van der Waals surface area (Å²) in [6.07, 6.45) is -0.468. The standard InChI is InChI=1S/C24H23N3O4.C2HF3O2/c25-12-15-2-1-3-19(15)23(28)21(26)10-16-13-27-22-9-8-18(11-20(16)22)31-17-6-4-14(5-7-17)24(29)30;3-2(4,5)1(6)7/h4-9,11,13,15,19,21,27H,1-3,10,26H2,(H,29,30);(H,6,7)/t15?,19-,21-;/m0./s1. The molecule has 3 aromatic rings. The molecule has 3 atom stereocenters. The van der Waals surface area contributed by atoms with Crippen LogP contribution in [0.3, 0.4) is 0 Å². The molecule has 200 valence electrons. The second-order valence-electron chi connectivity index (χ2n) is 8.74. The van der Waals surface area contributed by atoms with E-state index >= 15 is 0 Å². The molecule has 12 heteroatoms. The van der Waals surface area contributed by atoms with Crippen LogP contribution in [0, 0.1) is 23.2 Å². The van der Waals surface area contributed by atoms with Crippen LogP contribution in [0.2, 0.25) is 0 Å². The van der Waals surface area contributed by atoms with Gasteiger partial charge in [-0.3, -0.25) is 4.79 Å². The minimum absolute atomic E-state index is 0.0377. The van der Waals surface area contributed by atoms with Gasteiger partial charge in [0.25, 0.3) is 0 Å². The number of benzene rings is 2. The fourth-order valence-corrected chi connectivity index (χ4v) is 4.26. The molecule has 1 heterocycles. The maximum Gasteiger partial charge on any atom is 0.490 e. The summed E-state index contributed by atoms with van der Waals surface area (Å²) in [5.74, 6) is -3.16. The lowest BCUT2D eigenvalue weighted by atomic mass is 9.87. The SMILES string of the molecule is N#CC1CCC[C@@H]1C(=O)[C@@H](N)Cc1c[nH]c2ccc(Oc3ccc(C(=O)O)cc3)cc12.O=C(O)C(F)(F)F. The van der Waals surface area contributed by atoms with Crippen molar-refractivity contribution in [2.24, 2.45) is 17.6 Å². The Labute approximate surface area is 214 Å². The zero-order valence-electron chi connectivity index (χ0n) is 19.9. The first kappa shape index (κ1) is 28.2. The van der Waals surface area contributed by atoms with Gasteiger partial charge in [-0.15, -0.1) is 0 Å². The lowest BCUT2D eigenvalue weighted by molar-refractivity contribution is -0.192. The highest BCUT2D eigenvalue weighted by molar-refractivity contribution is 5.90. The summed E-state index contributed by atoms with van der Waals surface area (Å²) in [4.78, 5) is 35.9. The number of aliphatic carboxylic acids is 1. The molecule has 1 fully saturated rings. The molecule has 9 nitrogen and oxygen atoms in total. The van der Waals surface area contributed by atoms with Gasteiger partial charge in [0.1, 0.15) is 11.5 Å². The van der Waals surface area contributed by atoms with Crippen molar-refractivity contribution in [3.63, 3.8) is 0 Å². The third-order valence-electron chi connectivity index (χ3n) is 6.17. The average Bonchev–Trinajstić information content (AvgIpc) is 3.50. The Kier molecular flexibility index (Phi) is 8.75. The van der Waals surface area contributed by atoms with Crippen LogP contribution in [0.4, 0.5) is 13.2 Å². The number of carboxylic acids is 2. The number of nitriles is 1. The Hall–Kier alpha value is -4.37. The normalized spacial score (nSPS) is 17.7. The molecule has 0 radical (unpaired) electrons. The van der Waals surface area contributed by atoms with Gasteiger partial charge in [0.15, 0.2) is 5.78 Å². The number of carbonyl (C=O) groups is 3. The Bertz CT molecular complexity index is 1360. The number of nitrogens with two attached hydrogens (primary N) is 1. The predicted molar refractivity (Wildman–Crippen MR) is 129 cm³/mol. The lowest BCUT2D eigenvalue weighted by Crippen LogP contribution is -2.38. The number of Topliss-reactive ketones (excluding diaryl/α,β-unsaturated/α-hetero) is 1. The van der Waals surface area contributed by atoms with Crippen molar-refractivity contribution in [2.75, 3.05) is 0 Å². The number of nitrogens with one attached hydrogen (secondary N) is 1. The van der Waals surface area contributed by atoms with Crippen molar-refractivity contribution >= 4 is 28.6 Å². The molecule has 1 aromatic heterocycles. The first-order chi connectivity index (χ1) is 17.9. The van der Waals surface area contributed by atoms with Crippen LogP contribution in [0.1, 0.15) is 35.2 Å². The second kappa shape index (κ2) is 11.8. The summed E-state index contributed by atoms with van der Waals surface area (Å²) in [5.41, 5.74) is 8.25. The number of hydrogen-bond acceptors (Lipinski definition) is 6. The number of hydrogen-bond donors (Lipinski definition) is 4. The summed E-state index contributed by atoms with van der Waals surface area (Å²) >= 11 is 0. The minimum Gasteiger partial charge on any atom is -0.478 e. The number of aromatic nitrogens is 1. The van der Waals surface area contributed by atoms with Gasteiger partial charge in [0.05, 0.1) is 23.6 Å². The van der Waals surface area contributed by atoms with Gasteiger partial charge in [-0.25, -0.2) is 9.59 Å². The maximum atomic E-state index is 12.8. The molecule has 2 aromatic carbocycles. The van der Waals surface area contributed by atoms with E-state index in [2.05, 4.69) is 11.1 Å². The number of nitrogens with zero attached hydrogens (tertiary/aromatic N) is 1. The van der Waals surface area contributed by atoms with Crippen LogP contribution in [-0.4, -0.2) is 45.1 Å². The molecule has 1 aliphatic rings. The smallest absolute Gasteiger partial charge is 0.478 e. The van der Waals surface area contributed by atoms with Crippen LogP contribution >= 0.6 is 0 Å². The Balaban J connectivity index is 0.000000505. The van der Waals surface area contributed by atoms with Crippen LogP contribution in [0.25, 0.3) is 10.9 Å². The van der Waals surface area contributed by atoms with Crippen LogP contribution < -0.4 is 10.5 Å². The fourth-order valence-electron chi connectivity index (χ4n) is 4.26. The number of carbonyl (C=O) groups excluding carboxylic acids is 1. The molecular formula is C26H24F3N3O6. The number of aromatic carboxylic acids is 1. The number of ether oxygens (including phenoxy) is 1. The van der Waals surface area contributed by atoms with E-state index in [1.165, 1.54) is 12.1 Å². The summed E-state index contributed by atoms with van der Waals surface area (Å²) in [6, 6.07) is 13.3. The van der Waals surface area contributed by atoms with Crippen molar-refractivity contribution in [3.05, 3.63) is 59.8 Å². The zero-order chi connectivity index (χ0) is 28.0. The number of carboxylic acid groups (broad SMARTS) is 2. The number of fused-ring (bicyclic) bond motifs is 1. The quantitative estimate of drug-likeness (QED) is 0.341. The summed E-state index contributed by atoms with van der Waals surface area (Å²) in [5, 5.41) is 26.3. The lowest BCUT2D eigenvalue weighted by Gasteiger charge is -2.17. The molecule has 0 aliphatic heterocycles. The number of alkyl halides is 3. The van der Waals surface area contributed by atoms with Gasteiger partial charge in [0, 0.05) is 23.0 Å². The van der Waals surface area contributed by atoms with Crippen molar-refractivity contribution < 1.29 is 42.5 Å². The monoisotopic (exact) mass is 531 g/mol. The van der Waals surface area contributed by atoms with E-state index in [0.29, 0.717) is 17.9 Å². The van der Waals surface area contributed by atoms with Crippen molar-refractivity contribution in [1.29, 1.82) is 5.26 Å². The average molecular weight is 531 g/mol. The van der Waals surface area contributed by atoms with E-state index in [0.717, 1.165) is 35.7 Å². The highest BCUT2D eigenvalue weighted by Gasteiger charge is 2.38. The zero-order valence-corrected chi connectivity index (χ0v) is 19.9. The van der Waals surface area contributed by atoms with Gasteiger partial charge < -0.3 is 25.7 Å². The molecule has 5 N–H and O–H groups in total. The molecular weight excluding hydrogens is 507 g/mol. The van der Waals surface area contributed by atoms with Crippen molar-refractivity contribution in [2.45, 2.75) is 37.9 Å². The fraction of sp³-hybridized carbons (Fsp3) is 0.308. The molecule has 4 rings (SSSR count). The predicted octanol–water partition coefficient (Wildman–Crippen LogP) is 4.67. The molecule has 1 saturated carbocycles. The molecule has 0 bridgehead atoms. The van der Waals surface area contributed by atoms with E-state index in [1.54, 1.807) is 12.1 Å². The van der Waals surface area contributed by atoms with Crippen molar-refractivity contribution in [1.82, 2.24) is 4.98 Å². The van der Waals surface area contributed by atoms with E-state index in [1.807, 2.05) is 24.4 Å². The largest absolute Gasteiger partial charge is 0.490 e. The van der Waals surface area contributed by atoms with Crippen molar-refractivity contribution in [3.8, 4) is 17.6 Å². The summed E-state index contributed by atoms with van der Waals surface area (Å²) < 4.78 is 37.6. The van der Waals surface area contributed by atoms with Gasteiger partial charge in [-0.2, -0.15) is 18.4 Å². The first-order valence-corrected chi connectivity index (χ1v) is 11.5. The first-order valence-electron chi connectivity index (χ1n) is 11.5. The highest BCUT2D eigenvalue weighted by atomic mass is 19.4. The van der Waals surface area contributed by atoms with Crippen LogP contribution in [0.15, 0.2) is 48.7 Å². The molecule has 0 spiro atoms. The van der Waals surface area contributed by atoms with Gasteiger partial charge in [0.2, 0.25) is 0 Å². The molecule has 1 aliphatic carbocycles. The molecule has 38 heavy (non-hydrogen) atoms. The topological polar surface area (TPSA) is 166 Å². The number of H-pyrrole nitrogens is 1. The summed E-state index contributed by atoms with van der Waals surface area (Å²) in [6.45, 7) is 0. The van der Waals surface area contributed by atoms with E-state index in [4.69, 9.17) is 25.5 Å². The molecule has 0 saturated heterocycles. The van der Waals surface area contributed by atoms with Gasteiger partial charge >= 0.3 is 18.1 Å². The minimum atomic E-state index is -5.08. The third-order valence-corrected chi connectivity index (χ3v) is 6.17. The van der Waals surface area contributed by atoms with E-state index in [-0.39, 0.29) is 23.2 Å². The third kappa shape index (κ3) is 6.89. The van der Waals surface area contributed by atoms with Crippen LogP contribution in [-0.2, 0) is 16.0 Å². The number of aromatic amines is 1. The van der Waals surface area contributed by atoms with E-state index < -0.39 is 24.2 Å².